The molecule has 0 radical (unpaired) electrons. The summed E-state index contributed by atoms with van der Waals surface area (Å²) < 4.78 is 24.4. The van der Waals surface area contributed by atoms with E-state index in [9.17, 15) is 8.42 Å². The number of sulfone groups is 1. The zero-order valence-electron chi connectivity index (χ0n) is 11.0. The van der Waals surface area contributed by atoms with Crippen LogP contribution in [0.15, 0.2) is 29.2 Å². The molecule has 0 aromatic heterocycles. The number of nitriles is 2. The molecule has 1 atom stereocenters. The first-order valence-electron chi connectivity index (χ1n) is 6.43. The molecule has 1 aromatic carbocycles. The van der Waals surface area contributed by atoms with Gasteiger partial charge < -0.3 is 0 Å². The predicted octanol–water partition coefficient (Wildman–Crippen LogP) is 1.32. The van der Waals surface area contributed by atoms with Crippen molar-refractivity contribution in [1.82, 2.24) is 4.90 Å². The average molecular weight is 289 g/mol. The van der Waals surface area contributed by atoms with E-state index in [1.165, 1.54) is 24.3 Å². The Hall–Kier alpha value is -1.89. The molecule has 1 unspecified atom stereocenters. The molecule has 0 spiro atoms. The van der Waals surface area contributed by atoms with Crippen molar-refractivity contribution < 1.29 is 8.42 Å². The summed E-state index contributed by atoms with van der Waals surface area (Å²) in [4.78, 5) is 2.14. The molecule has 20 heavy (non-hydrogen) atoms. The standard InChI is InChI=1S/C14H15N3O2S/c15-10-12-3-5-14(6-4-12)20(18,19)9-8-17-7-1-2-13(17)11-16/h3-6,13H,1-2,7-9H2. The van der Waals surface area contributed by atoms with E-state index in [-0.39, 0.29) is 16.7 Å². The highest BCUT2D eigenvalue weighted by molar-refractivity contribution is 7.91. The van der Waals surface area contributed by atoms with Crippen molar-refractivity contribution in [2.75, 3.05) is 18.8 Å². The van der Waals surface area contributed by atoms with Gasteiger partial charge in [-0.2, -0.15) is 10.5 Å². The molecule has 0 bridgehead atoms. The Morgan fingerprint density at radius 1 is 1.25 bits per heavy atom. The van der Waals surface area contributed by atoms with E-state index in [1.807, 2.05) is 11.0 Å². The Balaban J connectivity index is 2.04. The minimum absolute atomic E-state index is 0.00290. The van der Waals surface area contributed by atoms with Crippen molar-refractivity contribution >= 4 is 9.84 Å². The van der Waals surface area contributed by atoms with Crippen LogP contribution >= 0.6 is 0 Å². The first-order chi connectivity index (χ1) is 9.56. The second-order valence-electron chi connectivity index (χ2n) is 4.78. The number of nitrogens with zero attached hydrogens (tertiary/aromatic N) is 3. The molecule has 0 saturated carbocycles. The summed E-state index contributed by atoms with van der Waals surface area (Å²) in [5, 5.41) is 17.7. The van der Waals surface area contributed by atoms with Gasteiger partial charge in [-0.15, -0.1) is 0 Å². The first kappa shape index (κ1) is 14.5. The smallest absolute Gasteiger partial charge is 0.179 e. The number of hydrogen-bond acceptors (Lipinski definition) is 5. The van der Waals surface area contributed by atoms with Crippen LogP contribution in [-0.2, 0) is 9.84 Å². The van der Waals surface area contributed by atoms with Crippen molar-refractivity contribution in [1.29, 1.82) is 10.5 Å². The molecule has 104 valence electrons. The normalized spacial score (nSPS) is 19.4. The van der Waals surface area contributed by atoms with Gasteiger partial charge in [0.1, 0.15) is 0 Å². The summed E-state index contributed by atoms with van der Waals surface area (Å²) in [5.74, 6) is -0.00290. The second kappa shape index (κ2) is 6.04. The van der Waals surface area contributed by atoms with E-state index < -0.39 is 9.84 Å². The Morgan fingerprint density at radius 3 is 2.55 bits per heavy atom. The molecule has 5 nitrogen and oxygen atoms in total. The molecule has 6 heteroatoms. The van der Waals surface area contributed by atoms with Gasteiger partial charge in [0.05, 0.1) is 34.4 Å². The van der Waals surface area contributed by atoms with Crippen LogP contribution in [0.2, 0.25) is 0 Å². The zero-order valence-corrected chi connectivity index (χ0v) is 11.8. The summed E-state index contributed by atoms with van der Waals surface area (Å²) in [5.41, 5.74) is 0.438. The van der Waals surface area contributed by atoms with Crippen LogP contribution in [0.25, 0.3) is 0 Å². The van der Waals surface area contributed by atoms with Crippen LogP contribution in [0, 0.1) is 22.7 Å². The van der Waals surface area contributed by atoms with E-state index in [4.69, 9.17) is 10.5 Å². The topological polar surface area (TPSA) is 85.0 Å². The highest BCUT2D eigenvalue weighted by atomic mass is 32.2. The van der Waals surface area contributed by atoms with Gasteiger partial charge in [0.2, 0.25) is 0 Å². The van der Waals surface area contributed by atoms with Crippen molar-refractivity contribution in [2.45, 2.75) is 23.8 Å². The average Bonchev–Trinajstić information content (AvgIpc) is 2.93. The van der Waals surface area contributed by atoms with Gasteiger partial charge in [0.15, 0.2) is 9.84 Å². The maximum atomic E-state index is 12.2. The van der Waals surface area contributed by atoms with Gasteiger partial charge in [-0.3, -0.25) is 4.90 Å². The second-order valence-corrected chi connectivity index (χ2v) is 6.89. The molecule has 0 amide bonds. The van der Waals surface area contributed by atoms with Gasteiger partial charge in [-0.1, -0.05) is 0 Å². The molecular weight excluding hydrogens is 274 g/mol. The fraction of sp³-hybridized carbons (Fsp3) is 0.429. The van der Waals surface area contributed by atoms with Crippen LogP contribution in [0.1, 0.15) is 18.4 Å². The lowest BCUT2D eigenvalue weighted by Gasteiger charge is -2.18. The summed E-state index contributed by atoms with van der Waals surface area (Å²) in [6.07, 6.45) is 1.75. The predicted molar refractivity (Wildman–Crippen MR) is 73.4 cm³/mol. The van der Waals surface area contributed by atoms with Crippen LogP contribution in [-0.4, -0.2) is 38.2 Å². The van der Waals surface area contributed by atoms with Gasteiger partial charge in [0.25, 0.3) is 0 Å². The van der Waals surface area contributed by atoms with E-state index in [1.54, 1.807) is 0 Å². The molecular formula is C14H15N3O2S. The van der Waals surface area contributed by atoms with E-state index in [0.29, 0.717) is 12.1 Å². The SMILES string of the molecule is N#Cc1ccc(S(=O)(=O)CCN2CCCC2C#N)cc1. The molecule has 2 rings (SSSR count). The molecule has 0 aliphatic carbocycles. The molecule has 1 aliphatic heterocycles. The van der Waals surface area contributed by atoms with Crippen LogP contribution in [0.4, 0.5) is 0 Å². The molecule has 1 aromatic rings. The van der Waals surface area contributed by atoms with Crippen molar-refractivity contribution in [2.24, 2.45) is 0 Å². The highest BCUT2D eigenvalue weighted by Gasteiger charge is 2.25. The fourth-order valence-corrected chi connectivity index (χ4v) is 3.59. The van der Waals surface area contributed by atoms with E-state index >= 15 is 0 Å². The van der Waals surface area contributed by atoms with Crippen molar-refractivity contribution in [3.05, 3.63) is 29.8 Å². The lowest BCUT2D eigenvalue weighted by Crippen LogP contribution is -2.32. The monoisotopic (exact) mass is 289 g/mol. The van der Waals surface area contributed by atoms with E-state index in [2.05, 4.69) is 6.07 Å². The maximum Gasteiger partial charge on any atom is 0.179 e. The summed E-state index contributed by atoms with van der Waals surface area (Å²) in [7, 11) is -3.36. The molecule has 1 heterocycles. The number of hydrogen-bond donors (Lipinski definition) is 0. The Kier molecular flexibility index (Phi) is 4.39. The van der Waals surface area contributed by atoms with Crippen LogP contribution in [0.5, 0.6) is 0 Å². The van der Waals surface area contributed by atoms with Crippen LogP contribution in [0.3, 0.4) is 0 Å². The van der Waals surface area contributed by atoms with Crippen molar-refractivity contribution in [3.8, 4) is 12.1 Å². The number of rotatable bonds is 4. The molecule has 1 fully saturated rings. The van der Waals surface area contributed by atoms with Crippen LogP contribution < -0.4 is 0 Å². The fourth-order valence-electron chi connectivity index (χ4n) is 2.33. The van der Waals surface area contributed by atoms with Gasteiger partial charge in [-0.25, -0.2) is 8.42 Å². The largest absolute Gasteiger partial charge is 0.287 e. The Morgan fingerprint density at radius 2 is 1.95 bits per heavy atom. The number of likely N-dealkylation sites (tertiary alicyclic amines) is 1. The van der Waals surface area contributed by atoms with Crippen molar-refractivity contribution in [3.63, 3.8) is 0 Å². The summed E-state index contributed by atoms with van der Waals surface area (Å²) in [6.45, 7) is 1.15. The third-order valence-electron chi connectivity index (χ3n) is 3.50. The van der Waals surface area contributed by atoms with E-state index in [0.717, 1.165) is 19.4 Å². The summed E-state index contributed by atoms with van der Waals surface area (Å²) in [6, 6.07) is 9.91. The molecule has 1 saturated heterocycles. The highest BCUT2D eigenvalue weighted by Crippen LogP contribution is 2.18. The summed E-state index contributed by atoms with van der Waals surface area (Å²) >= 11 is 0. The molecule has 0 N–H and O–H groups in total. The van der Waals surface area contributed by atoms with Gasteiger partial charge >= 0.3 is 0 Å². The third kappa shape index (κ3) is 3.16. The minimum Gasteiger partial charge on any atom is -0.287 e. The van der Waals surface area contributed by atoms with Gasteiger partial charge in [0, 0.05) is 6.54 Å². The maximum absolute atomic E-state index is 12.2. The number of benzene rings is 1. The quantitative estimate of drug-likeness (QED) is 0.834. The molecule has 1 aliphatic rings. The first-order valence-corrected chi connectivity index (χ1v) is 8.08. The minimum atomic E-state index is -3.36. The lowest BCUT2D eigenvalue weighted by molar-refractivity contribution is 0.312. The zero-order chi connectivity index (χ0) is 14.6. The third-order valence-corrected chi connectivity index (χ3v) is 5.21. The Bertz CT molecular complexity index is 653. The lowest BCUT2D eigenvalue weighted by atomic mass is 10.2. The Labute approximate surface area is 119 Å². The van der Waals surface area contributed by atoms with Gasteiger partial charge in [-0.05, 0) is 43.7 Å².